The van der Waals surface area contributed by atoms with Gasteiger partial charge in [-0.05, 0) is 30.5 Å². The topological polar surface area (TPSA) is 57.2 Å². The molecule has 3 rings (SSSR count). The standard InChI is InChI=1S/C25H28O5/c1-6-10-18-19(16(2)26)13-20-21(27-3)14-22(28-4)25(29-5)23(20)24(18)30-15-17-11-8-7-9-12-17/h6-9,11-14,16,26H,1,10,15H2,2-5H3. The first-order valence-corrected chi connectivity index (χ1v) is 9.79. The number of aliphatic hydroxyl groups excluding tert-OH is 1. The number of allylic oxidation sites excluding steroid dienone is 1. The summed E-state index contributed by atoms with van der Waals surface area (Å²) >= 11 is 0. The number of hydrogen-bond donors (Lipinski definition) is 1. The van der Waals surface area contributed by atoms with Crippen LogP contribution < -0.4 is 18.9 Å². The second kappa shape index (κ2) is 9.55. The van der Waals surface area contributed by atoms with Crippen LogP contribution in [0.4, 0.5) is 0 Å². The molecule has 0 aliphatic rings. The Balaban J connectivity index is 2.36. The Labute approximate surface area is 177 Å². The molecule has 5 nitrogen and oxygen atoms in total. The van der Waals surface area contributed by atoms with Crippen LogP contribution in [0.5, 0.6) is 23.0 Å². The number of rotatable bonds is 9. The number of hydrogen-bond acceptors (Lipinski definition) is 5. The highest BCUT2D eigenvalue weighted by molar-refractivity contribution is 6.01. The van der Waals surface area contributed by atoms with Gasteiger partial charge in [0.25, 0.3) is 0 Å². The fraction of sp³-hybridized carbons (Fsp3) is 0.280. The van der Waals surface area contributed by atoms with Crippen molar-refractivity contribution in [2.75, 3.05) is 21.3 Å². The molecule has 30 heavy (non-hydrogen) atoms. The van der Waals surface area contributed by atoms with E-state index in [1.165, 1.54) is 0 Å². The highest BCUT2D eigenvalue weighted by Crippen LogP contribution is 2.49. The van der Waals surface area contributed by atoms with E-state index in [2.05, 4.69) is 6.58 Å². The molecular formula is C25H28O5. The first-order chi connectivity index (χ1) is 14.5. The van der Waals surface area contributed by atoms with Gasteiger partial charge < -0.3 is 24.1 Å². The van der Waals surface area contributed by atoms with Gasteiger partial charge in [-0.3, -0.25) is 0 Å². The van der Waals surface area contributed by atoms with Crippen LogP contribution in [0.25, 0.3) is 10.8 Å². The van der Waals surface area contributed by atoms with E-state index < -0.39 is 6.10 Å². The summed E-state index contributed by atoms with van der Waals surface area (Å²) in [5, 5.41) is 12.0. The van der Waals surface area contributed by atoms with Crippen LogP contribution in [0, 0.1) is 0 Å². The lowest BCUT2D eigenvalue weighted by atomic mass is 9.93. The number of benzene rings is 3. The average molecular weight is 408 g/mol. The molecular weight excluding hydrogens is 380 g/mol. The minimum Gasteiger partial charge on any atom is -0.496 e. The van der Waals surface area contributed by atoms with Gasteiger partial charge in [0, 0.05) is 17.0 Å². The summed E-state index contributed by atoms with van der Waals surface area (Å²) in [5.41, 5.74) is 2.65. The maximum absolute atomic E-state index is 10.5. The number of ether oxygens (including phenoxy) is 4. The summed E-state index contributed by atoms with van der Waals surface area (Å²) in [6.45, 7) is 5.99. The normalized spacial score (nSPS) is 11.8. The maximum Gasteiger partial charge on any atom is 0.172 e. The molecule has 0 fully saturated rings. The molecule has 1 atom stereocenters. The Morgan fingerprint density at radius 1 is 0.967 bits per heavy atom. The molecule has 0 bridgehead atoms. The monoisotopic (exact) mass is 408 g/mol. The summed E-state index contributed by atoms with van der Waals surface area (Å²) in [6, 6.07) is 13.6. The van der Waals surface area contributed by atoms with Gasteiger partial charge in [0.05, 0.1) is 32.8 Å². The van der Waals surface area contributed by atoms with Crippen LogP contribution in [-0.4, -0.2) is 26.4 Å². The van der Waals surface area contributed by atoms with Crippen LogP contribution in [0.1, 0.15) is 29.7 Å². The lowest BCUT2D eigenvalue weighted by Gasteiger charge is -2.23. The summed E-state index contributed by atoms with van der Waals surface area (Å²) in [7, 11) is 4.79. The predicted molar refractivity (Wildman–Crippen MR) is 119 cm³/mol. The van der Waals surface area contributed by atoms with Gasteiger partial charge in [-0.2, -0.15) is 0 Å². The molecule has 1 unspecified atom stereocenters. The first kappa shape index (κ1) is 21.5. The van der Waals surface area contributed by atoms with Crippen LogP contribution in [0.15, 0.2) is 55.1 Å². The van der Waals surface area contributed by atoms with Gasteiger partial charge in [0.15, 0.2) is 11.5 Å². The van der Waals surface area contributed by atoms with Gasteiger partial charge >= 0.3 is 0 Å². The van der Waals surface area contributed by atoms with E-state index >= 15 is 0 Å². The summed E-state index contributed by atoms with van der Waals surface area (Å²) < 4.78 is 23.3. The molecule has 0 heterocycles. The smallest absolute Gasteiger partial charge is 0.172 e. The Morgan fingerprint density at radius 2 is 1.67 bits per heavy atom. The first-order valence-electron chi connectivity index (χ1n) is 9.79. The quantitative estimate of drug-likeness (QED) is 0.492. The van der Waals surface area contributed by atoms with Crippen molar-refractivity contribution in [2.24, 2.45) is 0 Å². The Bertz CT molecular complexity index is 1030. The number of aliphatic hydroxyl groups is 1. The zero-order valence-electron chi connectivity index (χ0n) is 17.9. The molecule has 1 N–H and O–H groups in total. The van der Waals surface area contributed by atoms with Crippen molar-refractivity contribution >= 4 is 10.8 Å². The number of fused-ring (bicyclic) bond motifs is 1. The van der Waals surface area contributed by atoms with Gasteiger partial charge in [-0.1, -0.05) is 36.4 Å². The van der Waals surface area contributed by atoms with E-state index in [-0.39, 0.29) is 0 Å². The molecule has 0 aliphatic carbocycles. The SMILES string of the molecule is C=CCc1c(C(C)O)cc2c(OC)cc(OC)c(OC)c2c1OCc1ccccc1. The summed E-state index contributed by atoms with van der Waals surface area (Å²) in [4.78, 5) is 0. The van der Waals surface area contributed by atoms with E-state index in [1.54, 1.807) is 40.4 Å². The highest BCUT2D eigenvalue weighted by atomic mass is 16.5. The molecule has 0 aromatic heterocycles. The van der Waals surface area contributed by atoms with Crippen molar-refractivity contribution in [3.05, 3.63) is 71.8 Å². The molecule has 0 aliphatic heterocycles. The summed E-state index contributed by atoms with van der Waals surface area (Å²) in [6.07, 6.45) is 1.64. The van der Waals surface area contributed by atoms with Crippen molar-refractivity contribution < 1.29 is 24.1 Å². The van der Waals surface area contributed by atoms with Crippen molar-refractivity contribution in [3.63, 3.8) is 0 Å². The van der Waals surface area contributed by atoms with Crippen LogP contribution >= 0.6 is 0 Å². The highest BCUT2D eigenvalue weighted by Gasteiger charge is 2.24. The minimum absolute atomic E-state index is 0.367. The Morgan fingerprint density at radius 3 is 2.23 bits per heavy atom. The minimum atomic E-state index is -0.693. The second-order valence-corrected chi connectivity index (χ2v) is 6.95. The van der Waals surface area contributed by atoms with E-state index in [1.807, 2.05) is 36.4 Å². The predicted octanol–water partition coefficient (Wildman–Crippen LogP) is 5.23. The number of methoxy groups -OCH3 is 3. The lowest BCUT2D eigenvalue weighted by Crippen LogP contribution is -2.06. The summed E-state index contributed by atoms with van der Waals surface area (Å²) in [5.74, 6) is 2.33. The molecule has 0 radical (unpaired) electrons. The Kier molecular flexibility index (Phi) is 6.85. The largest absolute Gasteiger partial charge is 0.496 e. The average Bonchev–Trinajstić information content (AvgIpc) is 2.77. The second-order valence-electron chi connectivity index (χ2n) is 6.95. The van der Waals surface area contributed by atoms with Gasteiger partial charge in [-0.25, -0.2) is 0 Å². The fourth-order valence-corrected chi connectivity index (χ4v) is 3.66. The van der Waals surface area contributed by atoms with E-state index in [4.69, 9.17) is 18.9 Å². The lowest BCUT2D eigenvalue weighted by molar-refractivity contribution is 0.197. The van der Waals surface area contributed by atoms with Crippen molar-refractivity contribution in [3.8, 4) is 23.0 Å². The third-order valence-corrected chi connectivity index (χ3v) is 5.07. The maximum atomic E-state index is 10.5. The molecule has 0 amide bonds. The van der Waals surface area contributed by atoms with Crippen LogP contribution in [0.2, 0.25) is 0 Å². The van der Waals surface area contributed by atoms with Gasteiger partial charge in [-0.15, -0.1) is 6.58 Å². The molecule has 158 valence electrons. The molecule has 0 spiro atoms. The third kappa shape index (κ3) is 4.07. The fourth-order valence-electron chi connectivity index (χ4n) is 3.66. The zero-order chi connectivity index (χ0) is 21.7. The van der Waals surface area contributed by atoms with Gasteiger partial charge in [0.2, 0.25) is 0 Å². The molecule has 3 aromatic carbocycles. The molecule has 3 aromatic rings. The molecule has 5 heteroatoms. The van der Waals surface area contributed by atoms with Crippen molar-refractivity contribution in [1.29, 1.82) is 0 Å². The zero-order valence-corrected chi connectivity index (χ0v) is 17.9. The van der Waals surface area contributed by atoms with E-state index in [0.717, 1.165) is 27.5 Å². The van der Waals surface area contributed by atoms with Gasteiger partial charge in [0.1, 0.15) is 18.1 Å². The van der Waals surface area contributed by atoms with Crippen LogP contribution in [0.3, 0.4) is 0 Å². The van der Waals surface area contributed by atoms with E-state index in [9.17, 15) is 5.11 Å². The van der Waals surface area contributed by atoms with E-state index in [0.29, 0.717) is 36.0 Å². The Hall–Kier alpha value is -3.18. The van der Waals surface area contributed by atoms with Crippen molar-refractivity contribution in [2.45, 2.75) is 26.1 Å². The third-order valence-electron chi connectivity index (χ3n) is 5.07. The molecule has 0 saturated heterocycles. The van der Waals surface area contributed by atoms with Crippen LogP contribution in [-0.2, 0) is 13.0 Å². The molecule has 0 saturated carbocycles. The van der Waals surface area contributed by atoms with Crippen molar-refractivity contribution in [1.82, 2.24) is 0 Å².